The van der Waals surface area contributed by atoms with Crippen molar-refractivity contribution in [1.82, 2.24) is 46.8 Å². The fourth-order valence-electron chi connectivity index (χ4n) is 14.6. The van der Waals surface area contributed by atoms with Gasteiger partial charge in [0.25, 0.3) is 20.4 Å². The molecule has 0 saturated carbocycles. The van der Waals surface area contributed by atoms with E-state index in [1.165, 1.54) is 54.4 Å². The molecule has 0 bridgehead atoms. The van der Waals surface area contributed by atoms with Crippen molar-refractivity contribution in [3.8, 4) is 11.5 Å². The number of hydrogen-bond donors (Lipinski definition) is 5. The molecule has 10 aromatic rings. The Morgan fingerprint density at radius 2 is 0.830 bits per heavy atom. The van der Waals surface area contributed by atoms with E-state index in [4.69, 9.17) is 18.9 Å². The Balaban J connectivity index is 0.000000127. The molecule has 15 rings (SSSR count). The number of H-pyrrole nitrogens is 4. The zero-order chi connectivity index (χ0) is 69.6. The van der Waals surface area contributed by atoms with E-state index in [0.29, 0.717) is 116 Å². The normalized spacial score (nSPS) is 17.9. The number of morpholine rings is 1. The van der Waals surface area contributed by atoms with Crippen molar-refractivity contribution in [1.29, 1.82) is 0 Å². The van der Waals surface area contributed by atoms with Crippen LogP contribution < -0.4 is 14.2 Å². The maximum absolute atomic E-state index is 12.7. The van der Waals surface area contributed by atoms with Gasteiger partial charge in [0.15, 0.2) is 0 Å². The summed E-state index contributed by atoms with van der Waals surface area (Å²) >= 11 is 0. The van der Waals surface area contributed by atoms with Crippen LogP contribution in [-0.4, -0.2) is 178 Å². The second-order valence-corrected chi connectivity index (χ2v) is 32.2. The zero-order valence-electron chi connectivity index (χ0n) is 57.4. The van der Waals surface area contributed by atoms with Crippen LogP contribution in [0.4, 0.5) is 0 Å². The quantitative estimate of drug-likeness (QED) is 0.0505. The third-order valence-electron chi connectivity index (χ3n) is 20.2. The lowest BCUT2D eigenvalue weighted by Crippen LogP contribution is -2.50. The highest BCUT2D eigenvalue weighted by Gasteiger charge is 2.35. The van der Waals surface area contributed by atoms with Crippen molar-refractivity contribution in [2.24, 2.45) is 0 Å². The monoisotopic (exact) mass is 1420 g/mol. The number of carbonyl (C=O) groups is 1. The SMILES string of the molecule is CC(=O)N1CCC(c2c[nH]c3cc(OCc4ccccc4)ccc23)CC1.COCCNS(=O)(=O)N1CCC(c2c[nH]c3ccccc23)CC1.CS(=O)(=O)N1CCC(c2c[nH]c3cc(OCc4ccccc4)ccc23)CC1.O=S(=O)(N1CCOCC1)N1CCC(c2c[nH]c3ccccc23)CC1. The molecule has 5 aliphatic heterocycles. The van der Waals surface area contributed by atoms with Gasteiger partial charge in [-0.3, -0.25) is 4.79 Å². The van der Waals surface area contributed by atoms with Crippen LogP contribution in [0, 0.1) is 0 Å². The Labute approximate surface area is 587 Å². The lowest BCUT2D eigenvalue weighted by molar-refractivity contribution is -0.129. The largest absolute Gasteiger partial charge is 0.489 e. The fourth-order valence-corrected chi connectivity index (χ4v) is 18.3. The van der Waals surface area contributed by atoms with Crippen molar-refractivity contribution in [2.75, 3.05) is 105 Å². The number of amides is 1. The first-order chi connectivity index (χ1) is 48.5. The summed E-state index contributed by atoms with van der Waals surface area (Å²) in [6.07, 6.45) is 16.8. The van der Waals surface area contributed by atoms with E-state index in [2.05, 4.69) is 110 Å². The van der Waals surface area contributed by atoms with Crippen molar-refractivity contribution in [2.45, 2.75) is 95.2 Å². The van der Waals surface area contributed by atoms with Gasteiger partial charge >= 0.3 is 0 Å². The summed E-state index contributed by atoms with van der Waals surface area (Å²) in [5.74, 6) is 3.60. The number of benzene rings is 6. The van der Waals surface area contributed by atoms with E-state index in [0.717, 1.165) is 109 Å². The minimum Gasteiger partial charge on any atom is -0.489 e. The average Bonchev–Trinajstić information content (AvgIpc) is 1.54. The molecule has 0 aliphatic carbocycles. The lowest BCUT2D eigenvalue weighted by Gasteiger charge is -2.36. The van der Waals surface area contributed by atoms with E-state index >= 15 is 0 Å². The van der Waals surface area contributed by atoms with Crippen LogP contribution in [-0.2, 0) is 57.9 Å². The molecule has 5 aliphatic rings. The predicted octanol–water partition coefficient (Wildman–Crippen LogP) is 12.1. The van der Waals surface area contributed by atoms with Crippen molar-refractivity contribution in [3.05, 3.63) is 204 Å². The van der Waals surface area contributed by atoms with E-state index in [9.17, 15) is 30.0 Å². The number of fused-ring (bicyclic) bond motifs is 4. The second-order valence-electron chi connectivity index (χ2n) is 26.5. The first-order valence-electron chi connectivity index (χ1n) is 34.9. The molecule has 0 radical (unpaired) electrons. The van der Waals surface area contributed by atoms with Crippen LogP contribution in [0.1, 0.15) is 115 Å². The number of likely N-dealkylation sites (tertiary alicyclic amines) is 1. The summed E-state index contributed by atoms with van der Waals surface area (Å²) in [5, 5.41) is 4.96. The zero-order valence-corrected chi connectivity index (χ0v) is 59.8. The summed E-state index contributed by atoms with van der Waals surface area (Å²) < 4.78 is 104. The summed E-state index contributed by atoms with van der Waals surface area (Å²) in [6, 6.07) is 49.3. The van der Waals surface area contributed by atoms with Gasteiger partial charge in [0.05, 0.1) is 26.1 Å². The van der Waals surface area contributed by atoms with Crippen LogP contribution in [0.5, 0.6) is 11.5 Å². The number of sulfonamides is 1. The number of para-hydroxylation sites is 2. The van der Waals surface area contributed by atoms with Gasteiger partial charge in [-0.15, -0.1) is 0 Å². The van der Waals surface area contributed by atoms with Gasteiger partial charge in [0.1, 0.15) is 24.7 Å². The molecule has 4 aromatic heterocycles. The highest BCUT2D eigenvalue weighted by molar-refractivity contribution is 7.88. The van der Waals surface area contributed by atoms with E-state index < -0.39 is 30.4 Å². The number of nitrogens with zero attached hydrogens (tertiary/aromatic N) is 5. The smallest absolute Gasteiger partial charge is 0.282 e. The van der Waals surface area contributed by atoms with Gasteiger partial charge in [-0.2, -0.15) is 34.5 Å². The molecule has 0 spiro atoms. The molecule has 100 heavy (non-hydrogen) atoms. The highest BCUT2D eigenvalue weighted by atomic mass is 32.2. The molecule has 24 heteroatoms. The summed E-state index contributed by atoms with van der Waals surface area (Å²) in [6.45, 7) is 10.5. The number of piperidine rings is 4. The first kappa shape index (κ1) is 71.9. The van der Waals surface area contributed by atoms with Gasteiger partial charge in [-0.25, -0.2) is 12.7 Å². The topological polar surface area (TPSA) is 248 Å². The molecular formula is C76H94N10O11S3. The Morgan fingerprint density at radius 3 is 1.25 bits per heavy atom. The van der Waals surface area contributed by atoms with E-state index in [-0.39, 0.29) is 5.91 Å². The molecule has 1 amide bonds. The van der Waals surface area contributed by atoms with Gasteiger partial charge in [0, 0.05) is 167 Å². The number of rotatable bonds is 18. The van der Waals surface area contributed by atoms with Crippen LogP contribution in [0.3, 0.4) is 0 Å². The van der Waals surface area contributed by atoms with Crippen molar-refractivity contribution < 1.29 is 49.0 Å². The lowest BCUT2D eigenvalue weighted by atomic mass is 9.89. The van der Waals surface area contributed by atoms with Crippen LogP contribution in [0.2, 0.25) is 0 Å². The highest BCUT2D eigenvalue weighted by Crippen LogP contribution is 2.39. The van der Waals surface area contributed by atoms with Crippen molar-refractivity contribution in [3.63, 3.8) is 0 Å². The number of aromatic amines is 4. The molecule has 0 atom stereocenters. The van der Waals surface area contributed by atoms with Crippen LogP contribution >= 0.6 is 0 Å². The fraction of sp³-hybridized carbons (Fsp3) is 0.408. The van der Waals surface area contributed by atoms with Crippen LogP contribution in [0.25, 0.3) is 43.6 Å². The molecule has 0 unspecified atom stereocenters. The number of methoxy groups -OCH3 is 1. The van der Waals surface area contributed by atoms with E-state index in [1.807, 2.05) is 89.8 Å². The number of hydrogen-bond acceptors (Lipinski definition) is 11. The summed E-state index contributed by atoms with van der Waals surface area (Å²) in [5.41, 5.74) is 12.0. The number of ether oxygens (including phenoxy) is 4. The minimum atomic E-state index is -3.39. The third kappa shape index (κ3) is 17.9. The average molecular weight is 1420 g/mol. The third-order valence-corrected chi connectivity index (χ3v) is 25.1. The van der Waals surface area contributed by atoms with E-state index in [1.54, 1.807) is 26.9 Å². The van der Waals surface area contributed by atoms with Crippen molar-refractivity contribution >= 4 is 80.0 Å². The Bertz CT molecular complexity index is 4640. The number of aromatic nitrogens is 4. The van der Waals surface area contributed by atoms with Gasteiger partial charge < -0.3 is 43.8 Å². The predicted molar refractivity (Wildman–Crippen MR) is 395 cm³/mol. The maximum atomic E-state index is 12.7. The molecular weight excluding hydrogens is 1330 g/mol. The van der Waals surface area contributed by atoms with Gasteiger partial charge in [0.2, 0.25) is 15.9 Å². The molecule has 9 heterocycles. The molecule has 5 saturated heterocycles. The second kappa shape index (κ2) is 33.3. The Kier molecular flexibility index (Phi) is 23.9. The van der Waals surface area contributed by atoms with Gasteiger partial charge in [-0.1, -0.05) is 97.1 Å². The summed E-state index contributed by atoms with van der Waals surface area (Å²) in [4.78, 5) is 26.8. The number of nitrogens with one attached hydrogen (secondary N) is 5. The minimum absolute atomic E-state index is 0.183. The first-order valence-corrected chi connectivity index (χ1v) is 39.6. The van der Waals surface area contributed by atoms with Gasteiger partial charge in [-0.05, 0) is 145 Å². The standard InChI is InChI=1S/C22H24N2O2.C21H24N2O3S.C17H23N3O3S.C16H23N3O3S/c1-16(25)24-11-9-18(10-12-24)21-14-23-22-13-19(7-8-20(21)22)26-15-17-5-3-2-4-6-17;1-27(24,25)23-11-9-17(10-12-23)20-14-22-21-13-18(7-8-19(20)21)26-15-16-5-3-2-4-6-16;21-24(22,20-9-11-23-12-10-20)19-7-5-14(6-8-19)16-13-18-17-4-2-1-3-15(16)17;1-22-11-8-18-23(20,21)19-9-6-13(7-10-19)15-12-17-16-5-3-2-4-14(15)16/h2-8,13-14,18,23H,9-12,15H2,1H3;2-8,13-14,17,22H,9-12,15H2,1H3;1-4,13-14,18H,5-12H2;2-5,12-13,17-18H,6-11H2,1H3. The Morgan fingerprint density at radius 1 is 0.460 bits per heavy atom. The molecule has 5 N–H and O–H groups in total. The maximum Gasteiger partial charge on any atom is 0.282 e. The molecule has 5 fully saturated rings. The molecule has 21 nitrogen and oxygen atoms in total. The molecule has 532 valence electrons. The summed E-state index contributed by atoms with van der Waals surface area (Å²) in [7, 11) is -8.27. The Hall–Kier alpha value is -7.88. The molecule has 6 aromatic carbocycles. The van der Waals surface area contributed by atoms with Crippen LogP contribution in [0.15, 0.2) is 170 Å². The number of carbonyl (C=O) groups excluding carboxylic acids is 1.